The molecule has 0 radical (unpaired) electrons. The van der Waals surface area contributed by atoms with Gasteiger partial charge in [-0.3, -0.25) is 9.69 Å². The van der Waals surface area contributed by atoms with Gasteiger partial charge in [0.1, 0.15) is 11.5 Å². The first-order valence-corrected chi connectivity index (χ1v) is 14.8. The van der Waals surface area contributed by atoms with Crippen molar-refractivity contribution in [3.05, 3.63) is 91.0 Å². The van der Waals surface area contributed by atoms with Gasteiger partial charge in [0, 0.05) is 21.5 Å². The van der Waals surface area contributed by atoms with Gasteiger partial charge in [-0.15, -0.1) is 23.5 Å². The molecule has 3 atom stereocenters. The molecule has 206 valence electrons. The van der Waals surface area contributed by atoms with Crippen LogP contribution in [-0.2, 0) is 4.79 Å². The molecule has 0 bridgehead atoms. The lowest BCUT2D eigenvalue weighted by Crippen LogP contribution is -2.49. The third-order valence-corrected chi connectivity index (χ3v) is 9.32. The lowest BCUT2D eigenvalue weighted by molar-refractivity contribution is -0.115. The van der Waals surface area contributed by atoms with Crippen molar-refractivity contribution in [1.82, 2.24) is 0 Å². The smallest absolute Gasteiger partial charge is 0.326 e. The Morgan fingerprint density at radius 2 is 1.80 bits per heavy atom. The third kappa shape index (κ3) is 6.00. The van der Waals surface area contributed by atoms with E-state index in [0.29, 0.717) is 29.3 Å². The average Bonchev–Trinajstić information content (AvgIpc) is 2.98. The molecule has 0 aromatic heterocycles. The molecule has 5 rings (SSSR count). The second-order valence-electron chi connectivity index (χ2n) is 9.21. The Balaban J connectivity index is 1.30. The van der Waals surface area contributed by atoms with Crippen LogP contribution in [0.15, 0.2) is 101 Å². The van der Waals surface area contributed by atoms with Crippen LogP contribution in [0, 0.1) is 0 Å². The number of allylic oxidation sites excluding steroid dienone is 2. The number of thioether (sulfide) groups is 2. The number of amides is 3. The van der Waals surface area contributed by atoms with Crippen molar-refractivity contribution in [3.63, 3.8) is 0 Å². The lowest BCUT2D eigenvalue weighted by atomic mass is 10.1. The van der Waals surface area contributed by atoms with Gasteiger partial charge in [0.25, 0.3) is 0 Å². The van der Waals surface area contributed by atoms with Crippen LogP contribution in [0.1, 0.15) is 13.3 Å². The number of fused-ring (bicyclic) bond motifs is 2. The number of hydrogen-bond donors (Lipinski definition) is 2. The molecule has 1 heterocycles. The average molecular weight is 574 g/mol. The molecule has 1 aliphatic heterocycles. The van der Waals surface area contributed by atoms with E-state index < -0.39 is 0 Å². The molecule has 9 heteroatoms. The fourth-order valence-electron chi connectivity index (χ4n) is 4.67. The summed E-state index contributed by atoms with van der Waals surface area (Å²) in [4.78, 5) is 30.7. The highest BCUT2D eigenvalue weighted by Gasteiger charge is 2.36. The first kappa shape index (κ1) is 27.7. The van der Waals surface area contributed by atoms with Crippen LogP contribution in [-0.4, -0.2) is 42.7 Å². The van der Waals surface area contributed by atoms with Gasteiger partial charge >= 0.3 is 6.03 Å². The molecule has 2 N–H and O–H groups in total. The molecule has 0 saturated carbocycles. The number of benzene rings is 3. The van der Waals surface area contributed by atoms with Crippen molar-refractivity contribution in [1.29, 1.82) is 0 Å². The monoisotopic (exact) mass is 573 g/mol. The molecule has 0 fully saturated rings. The summed E-state index contributed by atoms with van der Waals surface area (Å²) in [6.07, 6.45) is 8.85. The number of nitrogens with one attached hydrogen (secondary N) is 2. The zero-order valence-electron chi connectivity index (χ0n) is 22.5. The summed E-state index contributed by atoms with van der Waals surface area (Å²) < 4.78 is 10.7. The summed E-state index contributed by atoms with van der Waals surface area (Å²) in [6.45, 7) is 1.97. The maximum absolute atomic E-state index is 13.7. The van der Waals surface area contributed by atoms with Crippen LogP contribution >= 0.6 is 23.5 Å². The molecule has 3 unspecified atom stereocenters. The number of hydrogen-bond acceptors (Lipinski definition) is 6. The van der Waals surface area contributed by atoms with E-state index in [1.165, 1.54) is 11.8 Å². The molecular weight excluding hydrogens is 542 g/mol. The fourth-order valence-corrected chi connectivity index (χ4v) is 6.94. The quantitative estimate of drug-likeness (QED) is 0.277. The zero-order valence-corrected chi connectivity index (χ0v) is 24.1. The summed E-state index contributed by atoms with van der Waals surface area (Å²) in [5.41, 5.74) is 2.12. The first-order chi connectivity index (χ1) is 19.5. The minimum Gasteiger partial charge on any atom is -0.497 e. The Morgan fingerprint density at radius 3 is 2.60 bits per heavy atom. The van der Waals surface area contributed by atoms with Gasteiger partial charge in [-0.1, -0.05) is 49.4 Å². The number of anilines is 3. The van der Waals surface area contributed by atoms with Gasteiger partial charge < -0.3 is 20.1 Å². The standard InChI is InChI=1S/C31H31N3O4S2/c1-4-27(30(35)33-23-19-21(37-2)16-17-26(23)38-3)39-22-11-9-10-20(18-22)32-31(36)34-24-12-5-7-14-28(24)40-29-15-8-6-13-25(29)34/h5-19,24,27-28H,4H2,1-3H3,(H,32,36)(H,33,35). The predicted molar refractivity (Wildman–Crippen MR) is 164 cm³/mol. The molecule has 1 aliphatic carbocycles. The van der Waals surface area contributed by atoms with Gasteiger partial charge in [0.2, 0.25) is 5.91 Å². The van der Waals surface area contributed by atoms with E-state index in [-0.39, 0.29) is 28.5 Å². The van der Waals surface area contributed by atoms with Gasteiger partial charge in [0.15, 0.2) is 0 Å². The SMILES string of the molecule is CCC(Sc1cccc(NC(=O)N2c3ccccc3SC3C=CC=CC32)c1)C(=O)Nc1cc(OC)ccc1OC. The second-order valence-corrected chi connectivity index (χ2v) is 11.7. The van der Waals surface area contributed by atoms with Crippen molar-refractivity contribution in [2.24, 2.45) is 0 Å². The van der Waals surface area contributed by atoms with E-state index in [1.807, 2.05) is 66.4 Å². The van der Waals surface area contributed by atoms with E-state index in [4.69, 9.17) is 9.47 Å². The number of ether oxygens (including phenoxy) is 2. The third-order valence-electron chi connectivity index (χ3n) is 6.65. The molecule has 2 aliphatic rings. The van der Waals surface area contributed by atoms with Gasteiger partial charge in [0.05, 0.1) is 42.1 Å². The van der Waals surface area contributed by atoms with Crippen molar-refractivity contribution >= 4 is 52.5 Å². The molecule has 0 spiro atoms. The van der Waals surface area contributed by atoms with Crippen molar-refractivity contribution < 1.29 is 19.1 Å². The molecule has 7 nitrogen and oxygen atoms in total. The molecule has 3 aromatic rings. The summed E-state index contributed by atoms with van der Waals surface area (Å²) in [7, 11) is 3.14. The van der Waals surface area contributed by atoms with Crippen LogP contribution in [0.4, 0.5) is 21.9 Å². The second kappa shape index (κ2) is 12.6. The Kier molecular flexibility index (Phi) is 8.72. The number of urea groups is 1. The summed E-state index contributed by atoms with van der Waals surface area (Å²) in [6, 6.07) is 20.6. The minimum atomic E-state index is -0.354. The highest BCUT2D eigenvalue weighted by Crippen LogP contribution is 2.43. The molecule has 0 saturated heterocycles. The summed E-state index contributed by atoms with van der Waals surface area (Å²) in [5.74, 6) is 1.04. The molecular formula is C31H31N3O4S2. The first-order valence-electron chi connectivity index (χ1n) is 13.0. The van der Waals surface area contributed by atoms with E-state index >= 15 is 0 Å². The van der Waals surface area contributed by atoms with Crippen molar-refractivity contribution in [3.8, 4) is 11.5 Å². The number of carbonyl (C=O) groups is 2. The van der Waals surface area contributed by atoms with Crippen molar-refractivity contribution in [2.45, 2.75) is 39.7 Å². The number of methoxy groups -OCH3 is 2. The number of nitrogens with zero attached hydrogens (tertiary/aromatic N) is 1. The maximum Gasteiger partial charge on any atom is 0.326 e. The topological polar surface area (TPSA) is 79.9 Å². The van der Waals surface area contributed by atoms with Gasteiger partial charge in [-0.25, -0.2) is 4.79 Å². The Labute approximate surface area is 243 Å². The number of rotatable bonds is 8. The van der Waals surface area contributed by atoms with Crippen LogP contribution < -0.4 is 25.0 Å². The maximum atomic E-state index is 13.7. The highest BCUT2D eigenvalue weighted by molar-refractivity contribution is 8.00. The van der Waals surface area contributed by atoms with Gasteiger partial charge in [-0.05, 0) is 48.9 Å². The van der Waals surface area contributed by atoms with Crippen molar-refractivity contribution in [2.75, 3.05) is 29.8 Å². The Bertz CT molecular complexity index is 1460. The zero-order chi connectivity index (χ0) is 28.1. The largest absolute Gasteiger partial charge is 0.497 e. The lowest BCUT2D eigenvalue weighted by Gasteiger charge is -2.40. The summed E-state index contributed by atoms with van der Waals surface area (Å²) >= 11 is 3.22. The fraction of sp³-hybridized carbons (Fsp3) is 0.226. The van der Waals surface area contributed by atoms with E-state index in [2.05, 4.69) is 28.9 Å². The van der Waals surface area contributed by atoms with Crippen LogP contribution in [0.25, 0.3) is 0 Å². The van der Waals surface area contributed by atoms with E-state index in [1.54, 1.807) is 44.2 Å². The normalized spacial score (nSPS) is 17.8. The van der Waals surface area contributed by atoms with Gasteiger partial charge in [-0.2, -0.15) is 0 Å². The highest BCUT2D eigenvalue weighted by atomic mass is 32.2. The van der Waals surface area contributed by atoms with E-state index in [9.17, 15) is 9.59 Å². The molecule has 3 amide bonds. The van der Waals surface area contributed by atoms with Crippen LogP contribution in [0.2, 0.25) is 0 Å². The summed E-state index contributed by atoms with van der Waals surface area (Å²) in [5, 5.41) is 5.87. The molecule has 40 heavy (non-hydrogen) atoms. The Morgan fingerprint density at radius 1 is 0.975 bits per heavy atom. The minimum absolute atomic E-state index is 0.0794. The van der Waals surface area contributed by atoms with Crippen LogP contribution in [0.5, 0.6) is 11.5 Å². The van der Waals surface area contributed by atoms with E-state index in [0.717, 1.165) is 15.5 Å². The number of para-hydroxylation sites is 1. The number of carbonyl (C=O) groups excluding carboxylic acids is 2. The van der Waals surface area contributed by atoms with Crippen LogP contribution in [0.3, 0.4) is 0 Å². The molecule has 3 aromatic carbocycles. The predicted octanol–water partition coefficient (Wildman–Crippen LogP) is 7.22. The Hall–Kier alpha value is -3.82.